The number of rotatable bonds is 7. The van der Waals surface area contributed by atoms with Crippen LogP contribution in [-0.2, 0) is 4.79 Å². The summed E-state index contributed by atoms with van der Waals surface area (Å²) in [4.78, 5) is 17.7. The van der Waals surface area contributed by atoms with Gasteiger partial charge in [-0.3, -0.25) is 4.79 Å². The van der Waals surface area contributed by atoms with Crippen LogP contribution in [0.4, 0.5) is 5.69 Å². The average Bonchev–Trinajstić information content (AvgIpc) is 2.87. The molecule has 2 heterocycles. The van der Waals surface area contributed by atoms with Crippen LogP contribution in [0.1, 0.15) is 50.3 Å². The summed E-state index contributed by atoms with van der Waals surface area (Å²) < 4.78 is 5.40. The standard InChI is InChI=1S/C29H36N4O2/c1-20-8-4-14-27(23-10-6-13-26(18-23)35-3)33-28(16-20)31-21(2)22-9-5-12-25(17-22)32-29(34)24-11-7-15-30-19-24/h4-6,9-10,12-14,16-18,20-21,24,30-31H,7-8,11,15,19H2,1-3H3,(H,32,34)/b14-4+,28-16-,33-27+/t20?,21-,24?/m0/s1. The summed E-state index contributed by atoms with van der Waals surface area (Å²) in [6.45, 7) is 6.05. The van der Waals surface area contributed by atoms with E-state index >= 15 is 0 Å². The van der Waals surface area contributed by atoms with Crippen LogP contribution >= 0.6 is 0 Å². The molecule has 0 aliphatic carbocycles. The highest BCUT2D eigenvalue weighted by molar-refractivity contribution is 6.09. The first-order valence-corrected chi connectivity index (χ1v) is 12.5. The van der Waals surface area contributed by atoms with E-state index in [1.54, 1.807) is 7.11 Å². The fourth-order valence-electron chi connectivity index (χ4n) is 4.47. The van der Waals surface area contributed by atoms with Gasteiger partial charge in [-0.2, -0.15) is 0 Å². The third-order valence-electron chi connectivity index (χ3n) is 6.52. The Bertz CT molecular complexity index is 1120. The number of amides is 1. The van der Waals surface area contributed by atoms with Gasteiger partial charge in [0.25, 0.3) is 0 Å². The molecule has 4 rings (SSSR count). The minimum Gasteiger partial charge on any atom is -0.497 e. The third-order valence-corrected chi connectivity index (χ3v) is 6.52. The number of anilines is 1. The van der Waals surface area contributed by atoms with Gasteiger partial charge in [-0.25, -0.2) is 4.99 Å². The van der Waals surface area contributed by atoms with Gasteiger partial charge in [-0.1, -0.05) is 37.3 Å². The van der Waals surface area contributed by atoms with E-state index in [1.807, 2.05) is 42.5 Å². The monoisotopic (exact) mass is 472 g/mol. The van der Waals surface area contributed by atoms with Crippen molar-refractivity contribution >= 4 is 17.3 Å². The predicted molar refractivity (Wildman–Crippen MR) is 143 cm³/mol. The first-order chi connectivity index (χ1) is 17.0. The van der Waals surface area contributed by atoms with Crippen molar-refractivity contribution in [3.05, 3.63) is 83.7 Å². The van der Waals surface area contributed by atoms with E-state index in [-0.39, 0.29) is 17.9 Å². The van der Waals surface area contributed by atoms with Crippen LogP contribution in [-0.4, -0.2) is 31.8 Å². The van der Waals surface area contributed by atoms with Gasteiger partial charge >= 0.3 is 0 Å². The molecule has 2 aromatic carbocycles. The molecule has 0 radical (unpaired) electrons. The Morgan fingerprint density at radius 1 is 1.20 bits per heavy atom. The maximum atomic E-state index is 12.7. The molecule has 6 nitrogen and oxygen atoms in total. The van der Waals surface area contributed by atoms with Gasteiger partial charge in [0.15, 0.2) is 0 Å². The van der Waals surface area contributed by atoms with E-state index in [0.717, 1.165) is 66.4 Å². The summed E-state index contributed by atoms with van der Waals surface area (Å²) in [6.07, 6.45) is 9.36. The molecule has 1 fully saturated rings. The van der Waals surface area contributed by atoms with Crippen LogP contribution in [0.15, 0.2) is 77.6 Å². The molecule has 0 aromatic heterocycles. The zero-order chi connectivity index (χ0) is 24.6. The lowest BCUT2D eigenvalue weighted by Crippen LogP contribution is -2.37. The van der Waals surface area contributed by atoms with Crippen LogP contribution in [0, 0.1) is 11.8 Å². The quantitative estimate of drug-likeness (QED) is 0.517. The average molecular weight is 473 g/mol. The number of benzene rings is 2. The maximum Gasteiger partial charge on any atom is 0.228 e. The number of methoxy groups -OCH3 is 1. The highest BCUT2D eigenvalue weighted by Crippen LogP contribution is 2.23. The SMILES string of the molecule is COc1cccc(C2=N/C(N[C@@H](C)c3cccc(NC(=O)C4CCCNC4)c3)=C\C(C)C\C=C\2)c1. The topological polar surface area (TPSA) is 74.8 Å². The molecule has 3 N–H and O–H groups in total. The van der Waals surface area contributed by atoms with E-state index in [2.05, 4.69) is 54.1 Å². The van der Waals surface area contributed by atoms with Crippen molar-refractivity contribution in [3.8, 4) is 5.75 Å². The minimum atomic E-state index is 0.0142. The molecule has 1 saturated heterocycles. The number of hydrogen-bond donors (Lipinski definition) is 3. The van der Waals surface area contributed by atoms with Crippen LogP contribution in [0.5, 0.6) is 5.75 Å². The second kappa shape index (κ2) is 11.8. The smallest absolute Gasteiger partial charge is 0.228 e. The molecule has 0 bridgehead atoms. The molecule has 3 atom stereocenters. The summed E-state index contributed by atoms with van der Waals surface area (Å²) >= 11 is 0. The number of piperidine rings is 1. The summed E-state index contributed by atoms with van der Waals surface area (Å²) in [5.41, 5.74) is 3.82. The van der Waals surface area contributed by atoms with Crippen LogP contribution in [0.2, 0.25) is 0 Å². The number of nitrogens with zero attached hydrogens (tertiary/aromatic N) is 1. The number of carbonyl (C=O) groups excluding carboxylic acids is 1. The van der Waals surface area contributed by atoms with Crippen LogP contribution in [0.3, 0.4) is 0 Å². The summed E-state index contributed by atoms with van der Waals surface area (Å²) in [5.74, 6) is 2.14. The molecule has 2 unspecified atom stereocenters. The Hall–Kier alpha value is -3.38. The summed E-state index contributed by atoms with van der Waals surface area (Å²) in [6, 6.07) is 16.0. The van der Waals surface area contributed by atoms with Crippen molar-refractivity contribution in [2.75, 3.05) is 25.5 Å². The Morgan fingerprint density at radius 3 is 2.86 bits per heavy atom. The lowest BCUT2D eigenvalue weighted by Gasteiger charge is -2.22. The van der Waals surface area contributed by atoms with E-state index in [1.165, 1.54) is 0 Å². The normalized spacial score (nSPS) is 25.0. The van der Waals surface area contributed by atoms with Gasteiger partial charge < -0.3 is 20.7 Å². The molecule has 2 aliphatic heterocycles. The van der Waals surface area contributed by atoms with Crippen LogP contribution < -0.4 is 20.7 Å². The van der Waals surface area contributed by atoms with Gasteiger partial charge in [0.2, 0.25) is 5.91 Å². The number of aliphatic imine (C=N–C) groups is 1. The van der Waals surface area contributed by atoms with Gasteiger partial charge in [0, 0.05) is 17.8 Å². The molecular weight excluding hydrogens is 436 g/mol. The Kier molecular flexibility index (Phi) is 8.37. The van der Waals surface area contributed by atoms with Crippen molar-refractivity contribution in [2.45, 2.75) is 39.2 Å². The number of allylic oxidation sites excluding steroid dienone is 3. The molecule has 1 amide bonds. The third kappa shape index (κ3) is 6.83. The van der Waals surface area contributed by atoms with E-state index in [4.69, 9.17) is 9.73 Å². The fraction of sp³-hybridized carbons (Fsp3) is 0.379. The Labute approximate surface area is 208 Å². The fourth-order valence-corrected chi connectivity index (χ4v) is 4.47. The second-order valence-corrected chi connectivity index (χ2v) is 9.42. The lowest BCUT2D eigenvalue weighted by molar-refractivity contribution is -0.120. The van der Waals surface area contributed by atoms with Crippen molar-refractivity contribution in [3.63, 3.8) is 0 Å². The van der Waals surface area contributed by atoms with E-state index < -0.39 is 0 Å². The van der Waals surface area contributed by atoms with Crippen LogP contribution in [0.25, 0.3) is 0 Å². The van der Waals surface area contributed by atoms with Crippen molar-refractivity contribution in [1.29, 1.82) is 0 Å². The number of carbonyl (C=O) groups is 1. The summed E-state index contributed by atoms with van der Waals surface area (Å²) in [7, 11) is 1.67. The number of nitrogens with one attached hydrogen (secondary N) is 3. The number of ether oxygens (including phenoxy) is 1. The highest BCUT2D eigenvalue weighted by Gasteiger charge is 2.21. The van der Waals surface area contributed by atoms with Gasteiger partial charge in [-0.05, 0) is 80.6 Å². The zero-order valence-corrected chi connectivity index (χ0v) is 20.9. The molecule has 0 saturated carbocycles. The van der Waals surface area contributed by atoms with Crippen molar-refractivity contribution in [1.82, 2.24) is 10.6 Å². The lowest BCUT2D eigenvalue weighted by atomic mass is 9.98. The van der Waals surface area contributed by atoms with Crippen molar-refractivity contribution in [2.24, 2.45) is 16.8 Å². The molecular formula is C29H36N4O2. The van der Waals surface area contributed by atoms with Crippen molar-refractivity contribution < 1.29 is 9.53 Å². The molecule has 2 aliphatic rings. The maximum absolute atomic E-state index is 12.7. The van der Waals surface area contributed by atoms with E-state index in [0.29, 0.717) is 5.92 Å². The molecule has 184 valence electrons. The first-order valence-electron chi connectivity index (χ1n) is 12.5. The summed E-state index contributed by atoms with van der Waals surface area (Å²) in [5, 5.41) is 10.0. The second-order valence-electron chi connectivity index (χ2n) is 9.42. The highest BCUT2D eigenvalue weighted by atomic mass is 16.5. The Balaban J connectivity index is 1.50. The molecule has 0 spiro atoms. The van der Waals surface area contributed by atoms with Gasteiger partial charge in [0.1, 0.15) is 11.6 Å². The largest absolute Gasteiger partial charge is 0.497 e. The Morgan fingerprint density at radius 2 is 2.06 bits per heavy atom. The van der Waals surface area contributed by atoms with Gasteiger partial charge in [-0.15, -0.1) is 0 Å². The number of hydrogen-bond acceptors (Lipinski definition) is 5. The minimum absolute atomic E-state index is 0.0142. The predicted octanol–water partition coefficient (Wildman–Crippen LogP) is 5.21. The molecule has 2 aromatic rings. The van der Waals surface area contributed by atoms with E-state index in [9.17, 15) is 4.79 Å². The first kappa shape index (κ1) is 24.7. The molecule has 6 heteroatoms. The zero-order valence-electron chi connectivity index (χ0n) is 20.9. The molecule has 35 heavy (non-hydrogen) atoms. The van der Waals surface area contributed by atoms with Gasteiger partial charge in [0.05, 0.1) is 24.8 Å².